The summed E-state index contributed by atoms with van der Waals surface area (Å²) in [4.78, 5) is 16.8. The fourth-order valence-electron chi connectivity index (χ4n) is 3.90. The highest BCUT2D eigenvalue weighted by atomic mass is 16.3. The number of hydrogen-bond donors (Lipinski definition) is 1. The van der Waals surface area contributed by atoms with Crippen LogP contribution in [0.1, 0.15) is 27.6 Å². The van der Waals surface area contributed by atoms with Gasteiger partial charge in [-0.2, -0.15) is 0 Å². The number of fused-ring (bicyclic) bond motifs is 1. The van der Waals surface area contributed by atoms with Crippen molar-refractivity contribution in [1.29, 1.82) is 0 Å². The zero-order valence-electron chi connectivity index (χ0n) is 13.6. The first-order chi connectivity index (χ1) is 11.7. The molecule has 2 atom stereocenters. The number of piperazine rings is 1. The molecule has 1 amide bonds. The van der Waals surface area contributed by atoms with Crippen LogP contribution >= 0.6 is 0 Å². The van der Waals surface area contributed by atoms with Gasteiger partial charge in [0, 0.05) is 37.8 Å². The Morgan fingerprint density at radius 2 is 1.58 bits per heavy atom. The van der Waals surface area contributed by atoms with Crippen LogP contribution in [0.3, 0.4) is 0 Å². The van der Waals surface area contributed by atoms with E-state index < -0.39 is 6.10 Å². The average Bonchev–Trinajstić information content (AvgIpc) is 2.99. The third kappa shape index (κ3) is 2.72. The van der Waals surface area contributed by atoms with Crippen LogP contribution in [-0.4, -0.2) is 53.0 Å². The normalized spacial score (nSPS) is 24.0. The van der Waals surface area contributed by atoms with Crippen LogP contribution < -0.4 is 0 Å². The van der Waals surface area contributed by atoms with Gasteiger partial charge in [0.1, 0.15) is 0 Å². The van der Waals surface area contributed by atoms with Crippen LogP contribution in [0, 0.1) is 0 Å². The molecule has 0 bridgehead atoms. The summed E-state index contributed by atoms with van der Waals surface area (Å²) in [6.45, 7) is 3.06. The lowest BCUT2D eigenvalue weighted by Gasteiger charge is -2.39. The van der Waals surface area contributed by atoms with Gasteiger partial charge in [0.15, 0.2) is 0 Å². The van der Waals surface area contributed by atoms with Gasteiger partial charge < -0.3 is 10.0 Å². The van der Waals surface area contributed by atoms with Gasteiger partial charge >= 0.3 is 0 Å². The van der Waals surface area contributed by atoms with E-state index in [0.29, 0.717) is 13.1 Å². The standard InChI is InChI=1S/C20H22N2O2/c23-19-17-9-5-4-8-16(17)14-18(19)21-10-12-22(13-11-21)20(24)15-6-2-1-3-7-15/h1-9,18-19,23H,10-14H2. The summed E-state index contributed by atoms with van der Waals surface area (Å²) in [6, 6.07) is 17.7. The first-order valence-electron chi connectivity index (χ1n) is 8.58. The van der Waals surface area contributed by atoms with Crippen molar-refractivity contribution >= 4 is 5.91 Å². The smallest absolute Gasteiger partial charge is 0.253 e. The van der Waals surface area contributed by atoms with Gasteiger partial charge in [-0.1, -0.05) is 42.5 Å². The van der Waals surface area contributed by atoms with E-state index >= 15 is 0 Å². The third-order valence-electron chi connectivity index (χ3n) is 5.26. The van der Waals surface area contributed by atoms with Crippen molar-refractivity contribution in [2.75, 3.05) is 26.2 Å². The number of benzene rings is 2. The molecule has 1 fully saturated rings. The van der Waals surface area contributed by atoms with Crippen LogP contribution in [0.4, 0.5) is 0 Å². The zero-order chi connectivity index (χ0) is 16.5. The Labute approximate surface area is 142 Å². The molecule has 1 saturated heterocycles. The number of aliphatic hydroxyl groups is 1. The molecule has 124 valence electrons. The predicted molar refractivity (Wildman–Crippen MR) is 92.8 cm³/mol. The largest absolute Gasteiger partial charge is 0.387 e. The van der Waals surface area contributed by atoms with Gasteiger partial charge in [-0.15, -0.1) is 0 Å². The number of amides is 1. The second-order valence-electron chi connectivity index (χ2n) is 6.61. The molecule has 2 aromatic rings. The summed E-state index contributed by atoms with van der Waals surface area (Å²) < 4.78 is 0. The molecule has 1 aliphatic heterocycles. The Kier molecular flexibility index (Phi) is 4.08. The molecule has 0 spiro atoms. The SMILES string of the molecule is O=C(c1ccccc1)N1CCN(C2Cc3ccccc3C2O)CC1. The van der Waals surface area contributed by atoms with Crippen LogP contribution in [0.25, 0.3) is 0 Å². The molecule has 1 N–H and O–H groups in total. The fourth-order valence-corrected chi connectivity index (χ4v) is 3.90. The van der Waals surface area contributed by atoms with Gasteiger partial charge in [0.25, 0.3) is 5.91 Å². The second-order valence-corrected chi connectivity index (χ2v) is 6.61. The van der Waals surface area contributed by atoms with E-state index in [-0.39, 0.29) is 11.9 Å². The highest BCUT2D eigenvalue weighted by molar-refractivity contribution is 5.94. The van der Waals surface area contributed by atoms with Crippen molar-refractivity contribution in [3.05, 3.63) is 71.3 Å². The minimum Gasteiger partial charge on any atom is -0.387 e. The van der Waals surface area contributed by atoms with Gasteiger partial charge in [-0.3, -0.25) is 9.69 Å². The number of carbonyl (C=O) groups is 1. The Morgan fingerprint density at radius 1 is 0.917 bits per heavy atom. The molecule has 4 nitrogen and oxygen atoms in total. The third-order valence-corrected chi connectivity index (χ3v) is 5.26. The molecular weight excluding hydrogens is 300 g/mol. The van der Waals surface area contributed by atoms with Crippen molar-refractivity contribution in [1.82, 2.24) is 9.80 Å². The summed E-state index contributed by atoms with van der Waals surface area (Å²) in [5, 5.41) is 10.6. The minimum atomic E-state index is -0.419. The van der Waals surface area contributed by atoms with Crippen molar-refractivity contribution in [2.45, 2.75) is 18.6 Å². The first-order valence-corrected chi connectivity index (χ1v) is 8.58. The van der Waals surface area contributed by atoms with Gasteiger partial charge in [-0.25, -0.2) is 0 Å². The number of aliphatic hydroxyl groups excluding tert-OH is 1. The average molecular weight is 322 g/mol. The monoisotopic (exact) mass is 322 g/mol. The van der Waals surface area contributed by atoms with Crippen molar-refractivity contribution < 1.29 is 9.90 Å². The molecule has 2 aromatic carbocycles. The lowest BCUT2D eigenvalue weighted by molar-refractivity contribution is 0.0255. The first kappa shape index (κ1) is 15.4. The summed E-state index contributed by atoms with van der Waals surface area (Å²) in [5.41, 5.74) is 3.06. The molecule has 0 saturated carbocycles. The molecule has 2 unspecified atom stereocenters. The van der Waals surface area contributed by atoms with Crippen molar-refractivity contribution in [3.63, 3.8) is 0 Å². The van der Waals surface area contributed by atoms with Crippen LogP contribution in [-0.2, 0) is 6.42 Å². The van der Waals surface area contributed by atoms with E-state index in [1.165, 1.54) is 5.56 Å². The quantitative estimate of drug-likeness (QED) is 0.921. The Hall–Kier alpha value is -2.17. The fraction of sp³-hybridized carbons (Fsp3) is 0.350. The van der Waals surface area contributed by atoms with Crippen molar-refractivity contribution in [3.8, 4) is 0 Å². The maximum atomic E-state index is 12.5. The van der Waals surface area contributed by atoms with Crippen molar-refractivity contribution in [2.24, 2.45) is 0 Å². The summed E-state index contributed by atoms with van der Waals surface area (Å²) in [5.74, 6) is 0.102. The summed E-state index contributed by atoms with van der Waals surface area (Å²) in [6.07, 6.45) is 0.474. The Bertz CT molecular complexity index is 723. The number of rotatable bonds is 2. The van der Waals surface area contributed by atoms with E-state index in [4.69, 9.17) is 0 Å². The molecule has 1 heterocycles. The second kappa shape index (κ2) is 6.38. The molecule has 1 aliphatic carbocycles. The van der Waals surface area contributed by atoms with E-state index in [1.54, 1.807) is 0 Å². The maximum Gasteiger partial charge on any atom is 0.253 e. The molecule has 24 heavy (non-hydrogen) atoms. The zero-order valence-corrected chi connectivity index (χ0v) is 13.6. The van der Waals surface area contributed by atoms with Crippen LogP contribution in [0.2, 0.25) is 0 Å². The van der Waals surface area contributed by atoms with Gasteiger partial charge in [0.2, 0.25) is 0 Å². The molecular formula is C20H22N2O2. The molecule has 2 aliphatic rings. The van der Waals surface area contributed by atoms with E-state index in [0.717, 1.165) is 30.6 Å². The van der Waals surface area contributed by atoms with E-state index in [9.17, 15) is 9.90 Å². The summed E-state index contributed by atoms with van der Waals surface area (Å²) >= 11 is 0. The minimum absolute atomic E-state index is 0.102. The highest BCUT2D eigenvalue weighted by Gasteiger charge is 2.36. The molecule has 4 heteroatoms. The highest BCUT2D eigenvalue weighted by Crippen LogP contribution is 2.34. The molecule has 0 radical (unpaired) electrons. The van der Waals surface area contributed by atoms with Gasteiger partial charge in [-0.05, 0) is 29.7 Å². The van der Waals surface area contributed by atoms with Gasteiger partial charge in [0.05, 0.1) is 6.10 Å². The lowest BCUT2D eigenvalue weighted by Crippen LogP contribution is -2.53. The lowest BCUT2D eigenvalue weighted by atomic mass is 10.1. The van der Waals surface area contributed by atoms with E-state index in [2.05, 4.69) is 11.0 Å². The Morgan fingerprint density at radius 3 is 2.29 bits per heavy atom. The van der Waals surface area contributed by atoms with Crippen LogP contribution in [0.15, 0.2) is 54.6 Å². The summed E-state index contributed by atoms with van der Waals surface area (Å²) in [7, 11) is 0. The Balaban J connectivity index is 1.40. The maximum absolute atomic E-state index is 12.5. The van der Waals surface area contributed by atoms with E-state index in [1.807, 2.05) is 53.4 Å². The number of nitrogens with zero attached hydrogens (tertiary/aromatic N) is 2. The number of hydrogen-bond acceptors (Lipinski definition) is 3. The molecule has 0 aromatic heterocycles. The molecule has 4 rings (SSSR count). The predicted octanol–water partition coefficient (Wildman–Crippen LogP) is 2.10. The number of carbonyl (C=O) groups excluding carboxylic acids is 1. The topological polar surface area (TPSA) is 43.8 Å². The van der Waals surface area contributed by atoms with Crippen LogP contribution in [0.5, 0.6) is 0 Å².